The van der Waals surface area contributed by atoms with Crippen LogP contribution in [0, 0.1) is 6.92 Å². The molecule has 5 rings (SSSR count). The van der Waals surface area contributed by atoms with Crippen molar-refractivity contribution in [2.24, 2.45) is 0 Å². The van der Waals surface area contributed by atoms with Crippen LogP contribution in [0.1, 0.15) is 21.5 Å². The summed E-state index contributed by atoms with van der Waals surface area (Å²) in [6, 6.07) is 26.4. The van der Waals surface area contributed by atoms with Crippen LogP contribution in [0.2, 0.25) is 0 Å². The lowest BCUT2D eigenvalue weighted by Crippen LogP contribution is -2.12. The van der Waals surface area contributed by atoms with Crippen LogP contribution < -0.4 is 21.7 Å². The maximum atomic E-state index is 12.5. The van der Waals surface area contributed by atoms with Crippen LogP contribution in [0.15, 0.2) is 104 Å². The molecule has 0 atom stereocenters. The van der Waals surface area contributed by atoms with Crippen molar-refractivity contribution in [2.75, 3.05) is 21.7 Å². The van der Waals surface area contributed by atoms with Crippen LogP contribution in [0.25, 0.3) is 11.3 Å². The lowest BCUT2D eigenvalue weighted by molar-refractivity contribution is 0.102. The molecule has 5 aromatic rings. The van der Waals surface area contributed by atoms with E-state index in [0.717, 1.165) is 33.8 Å². The minimum absolute atomic E-state index is 0.168. The number of pyridine rings is 1. The molecule has 0 unspecified atom stereocenters. The highest BCUT2D eigenvalue weighted by Crippen LogP contribution is 2.24. The number of carbonyl (C=O) groups is 1. The molecule has 0 aliphatic carbocycles. The fourth-order valence-electron chi connectivity index (χ4n) is 3.83. The second-order valence-corrected chi connectivity index (χ2v) is 8.79. The Kier molecular flexibility index (Phi) is 7.22. The van der Waals surface area contributed by atoms with Gasteiger partial charge in [0.25, 0.3) is 5.91 Å². The summed E-state index contributed by atoms with van der Waals surface area (Å²) in [7, 11) is 0. The summed E-state index contributed by atoms with van der Waals surface area (Å²) in [5, 5.41) is 9.65. The first-order valence-corrected chi connectivity index (χ1v) is 12.1. The Morgan fingerprint density at radius 2 is 1.68 bits per heavy atom. The van der Waals surface area contributed by atoms with E-state index in [-0.39, 0.29) is 5.91 Å². The molecule has 0 saturated heterocycles. The molecule has 0 aliphatic rings. The van der Waals surface area contributed by atoms with Gasteiger partial charge in [-0.05, 0) is 84.8 Å². The average Bonchev–Trinajstić information content (AvgIpc) is 2.95. The monoisotopic (exact) mass is 501 g/mol. The Labute approximate surface area is 221 Å². The molecule has 3 aromatic carbocycles. The van der Waals surface area contributed by atoms with E-state index in [1.54, 1.807) is 42.9 Å². The van der Waals surface area contributed by atoms with Gasteiger partial charge in [-0.25, -0.2) is 9.97 Å². The molecule has 2 aromatic heterocycles. The minimum atomic E-state index is -0.168. The van der Waals surface area contributed by atoms with Crippen molar-refractivity contribution in [1.82, 2.24) is 15.0 Å². The molecule has 0 bridgehead atoms. The van der Waals surface area contributed by atoms with Crippen LogP contribution >= 0.6 is 0 Å². The molecule has 1 amide bonds. The number of rotatable bonds is 8. The highest BCUT2D eigenvalue weighted by molar-refractivity contribution is 6.04. The van der Waals surface area contributed by atoms with Gasteiger partial charge in [-0.15, -0.1) is 0 Å². The molecule has 188 valence electrons. The number of aromatic nitrogens is 3. The molecule has 0 spiro atoms. The van der Waals surface area contributed by atoms with Crippen molar-refractivity contribution in [1.29, 1.82) is 0 Å². The van der Waals surface area contributed by atoms with Crippen molar-refractivity contribution in [3.63, 3.8) is 0 Å². The van der Waals surface area contributed by atoms with Gasteiger partial charge < -0.3 is 21.7 Å². The first kappa shape index (κ1) is 24.5. The summed E-state index contributed by atoms with van der Waals surface area (Å²) in [6.07, 6.45) is 5.25. The topological polar surface area (TPSA) is 118 Å². The first-order valence-electron chi connectivity index (χ1n) is 12.1. The number of carbonyl (C=O) groups excluding carboxylic acids is 1. The van der Waals surface area contributed by atoms with Gasteiger partial charge in [0.15, 0.2) is 0 Å². The number of benzene rings is 3. The number of amides is 1. The molecular weight excluding hydrogens is 474 g/mol. The van der Waals surface area contributed by atoms with Gasteiger partial charge in [0.2, 0.25) is 5.95 Å². The third-order valence-electron chi connectivity index (χ3n) is 5.98. The highest BCUT2D eigenvalue weighted by atomic mass is 16.1. The SMILES string of the molecule is Cc1ccc(NCc2ccc(C(=O)Nc3ccc(N)cc3)cc2)cc1Nc1nccc(-c2cccnc2)n1. The predicted molar refractivity (Wildman–Crippen MR) is 152 cm³/mol. The summed E-state index contributed by atoms with van der Waals surface area (Å²) in [5.41, 5.74) is 13.4. The molecule has 5 N–H and O–H groups in total. The Hall–Kier alpha value is -5.24. The molecule has 0 saturated carbocycles. The summed E-state index contributed by atoms with van der Waals surface area (Å²) in [4.78, 5) is 25.7. The lowest BCUT2D eigenvalue weighted by Gasteiger charge is -2.13. The Balaban J connectivity index is 1.21. The van der Waals surface area contributed by atoms with Crippen molar-refractivity contribution in [3.8, 4) is 11.3 Å². The minimum Gasteiger partial charge on any atom is -0.399 e. The number of nitrogens with zero attached hydrogens (tertiary/aromatic N) is 3. The molecule has 0 radical (unpaired) electrons. The van der Waals surface area contributed by atoms with E-state index in [2.05, 4.69) is 30.9 Å². The van der Waals surface area contributed by atoms with Crippen molar-refractivity contribution < 1.29 is 4.79 Å². The molecule has 8 nitrogen and oxygen atoms in total. The number of nitrogen functional groups attached to an aromatic ring is 1. The van der Waals surface area contributed by atoms with E-state index in [4.69, 9.17) is 5.73 Å². The molecule has 8 heteroatoms. The standard InChI is InChI=1S/C30H27N7O/c1-20-4-11-26(17-28(20)37-30-33-16-14-27(36-30)23-3-2-15-32-19-23)34-18-21-5-7-22(8-6-21)29(38)35-25-12-9-24(31)10-13-25/h2-17,19,34H,18,31H2,1H3,(H,35,38)(H,33,36,37). The Morgan fingerprint density at radius 1 is 0.895 bits per heavy atom. The zero-order chi connectivity index (χ0) is 26.3. The second kappa shape index (κ2) is 11.2. The summed E-state index contributed by atoms with van der Waals surface area (Å²) in [6.45, 7) is 2.64. The fourth-order valence-corrected chi connectivity index (χ4v) is 3.83. The van der Waals surface area contributed by atoms with E-state index in [9.17, 15) is 4.79 Å². The molecular formula is C30H27N7O. The third kappa shape index (κ3) is 6.11. The molecule has 38 heavy (non-hydrogen) atoms. The van der Waals surface area contributed by atoms with E-state index in [1.165, 1.54) is 0 Å². The lowest BCUT2D eigenvalue weighted by atomic mass is 10.1. The van der Waals surface area contributed by atoms with Gasteiger partial charge in [-0.1, -0.05) is 18.2 Å². The van der Waals surface area contributed by atoms with E-state index in [1.807, 2.05) is 67.6 Å². The zero-order valence-corrected chi connectivity index (χ0v) is 20.8. The molecule has 0 aliphatic heterocycles. The van der Waals surface area contributed by atoms with Crippen LogP contribution in [0.3, 0.4) is 0 Å². The normalized spacial score (nSPS) is 10.6. The summed E-state index contributed by atoms with van der Waals surface area (Å²) < 4.78 is 0. The van der Waals surface area contributed by atoms with Crippen LogP contribution in [0.5, 0.6) is 0 Å². The van der Waals surface area contributed by atoms with E-state index in [0.29, 0.717) is 29.4 Å². The van der Waals surface area contributed by atoms with Gasteiger partial charge in [-0.2, -0.15) is 0 Å². The van der Waals surface area contributed by atoms with Gasteiger partial charge in [0.05, 0.1) is 5.69 Å². The first-order chi connectivity index (χ1) is 18.5. The second-order valence-electron chi connectivity index (χ2n) is 8.79. The van der Waals surface area contributed by atoms with E-state index >= 15 is 0 Å². The largest absolute Gasteiger partial charge is 0.399 e. The number of hydrogen-bond acceptors (Lipinski definition) is 7. The van der Waals surface area contributed by atoms with Gasteiger partial charge >= 0.3 is 0 Å². The predicted octanol–water partition coefficient (Wildman–Crippen LogP) is 6.04. The van der Waals surface area contributed by atoms with E-state index < -0.39 is 0 Å². The maximum absolute atomic E-state index is 12.5. The Morgan fingerprint density at radius 3 is 2.45 bits per heavy atom. The van der Waals surface area contributed by atoms with Crippen LogP contribution in [-0.2, 0) is 6.54 Å². The number of anilines is 5. The van der Waals surface area contributed by atoms with Crippen LogP contribution in [0.4, 0.5) is 28.7 Å². The highest BCUT2D eigenvalue weighted by Gasteiger charge is 2.08. The number of nitrogens with one attached hydrogen (secondary N) is 3. The third-order valence-corrected chi connectivity index (χ3v) is 5.98. The Bertz CT molecular complexity index is 1540. The summed E-state index contributed by atoms with van der Waals surface area (Å²) >= 11 is 0. The quantitative estimate of drug-likeness (QED) is 0.192. The summed E-state index contributed by atoms with van der Waals surface area (Å²) in [5.74, 6) is 0.345. The zero-order valence-electron chi connectivity index (χ0n) is 20.8. The van der Waals surface area contributed by atoms with Crippen molar-refractivity contribution in [3.05, 3.63) is 120 Å². The van der Waals surface area contributed by atoms with Gasteiger partial charge in [0.1, 0.15) is 0 Å². The number of hydrogen-bond donors (Lipinski definition) is 4. The van der Waals surface area contributed by atoms with Gasteiger partial charge in [0, 0.05) is 59.0 Å². The fraction of sp³-hybridized carbons (Fsp3) is 0.0667. The van der Waals surface area contributed by atoms with Crippen LogP contribution in [-0.4, -0.2) is 20.9 Å². The molecule has 0 fully saturated rings. The molecule has 2 heterocycles. The van der Waals surface area contributed by atoms with Crippen molar-refractivity contribution in [2.45, 2.75) is 13.5 Å². The smallest absolute Gasteiger partial charge is 0.255 e. The maximum Gasteiger partial charge on any atom is 0.255 e. The van der Waals surface area contributed by atoms with Gasteiger partial charge in [-0.3, -0.25) is 9.78 Å². The number of aryl methyl sites for hydroxylation is 1. The average molecular weight is 502 g/mol. The van der Waals surface area contributed by atoms with Crippen molar-refractivity contribution >= 4 is 34.6 Å². The number of nitrogens with two attached hydrogens (primary N) is 1.